The van der Waals surface area contributed by atoms with Crippen molar-refractivity contribution in [3.05, 3.63) is 30.1 Å². The van der Waals surface area contributed by atoms with Gasteiger partial charge in [0.1, 0.15) is 0 Å². The van der Waals surface area contributed by atoms with Gasteiger partial charge < -0.3 is 5.11 Å². The highest BCUT2D eigenvalue weighted by molar-refractivity contribution is 5.18. The standard InChI is InChI=1S/C15H25NO/c1-12(2)7-5-9-15(17,13(3)4)14-8-6-10-16-11-14/h6,8,10-13,17H,5,7,9H2,1-4H3. The smallest absolute Gasteiger partial charge is 0.0934 e. The molecule has 0 saturated carbocycles. The van der Waals surface area contributed by atoms with Gasteiger partial charge in [-0.25, -0.2) is 0 Å². The van der Waals surface area contributed by atoms with Crippen LogP contribution in [0.15, 0.2) is 24.5 Å². The summed E-state index contributed by atoms with van der Waals surface area (Å²) in [6.07, 6.45) is 6.57. The molecule has 17 heavy (non-hydrogen) atoms. The van der Waals surface area contributed by atoms with E-state index in [2.05, 4.69) is 32.7 Å². The molecule has 0 amide bonds. The molecule has 0 aliphatic carbocycles. The fourth-order valence-electron chi connectivity index (χ4n) is 2.17. The normalized spacial score (nSPS) is 15.2. The molecule has 0 fully saturated rings. The van der Waals surface area contributed by atoms with Gasteiger partial charge in [0.15, 0.2) is 0 Å². The summed E-state index contributed by atoms with van der Waals surface area (Å²) >= 11 is 0. The Kier molecular flexibility index (Phi) is 5.13. The van der Waals surface area contributed by atoms with E-state index in [1.54, 1.807) is 12.4 Å². The van der Waals surface area contributed by atoms with Gasteiger partial charge >= 0.3 is 0 Å². The minimum atomic E-state index is -0.733. The molecule has 0 saturated heterocycles. The van der Waals surface area contributed by atoms with E-state index in [4.69, 9.17) is 0 Å². The molecule has 0 aromatic carbocycles. The van der Waals surface area contributed by atoms with Crippen molar-refractivity contribution in [3.63, 3.8) is 0 Å². The van der Waals surface area contributed by atoms with Crippen molar-refractivity contribution >= 4 is 0 Å². The molecule has 1 unspecified atom stereocenters. The fraction of sp³-hybridized carbons (Fsp3) is 0.667. The van der Waals surface area contributed by atoms with Gasteiger partial charge in [-0.1, -0.05) is 40.2 Å². The topological polar surface area (TPSA) is 33.1 Å². The van der Waals surface area contributed by atoms with E-state index in [1.807, 2.05) is 12.1 Å². The minimum absolute atomic E-state index is 0.207. The lowest BCUT2D eigenvalue weighted by Gasteiger charge is -2.32. The van der Waals surface area contributed by atoms with Crippen molar-refractivity contribution in [1.82, 2.24) is 4.98 Å². The van der Waals surface area contributed by atoms with E-state index in [9.17, 15) is 5.11 Å². The Morgan fingerprint density at radius 1 is 1.29 bits per heavy atom. The summed E-state index contributed by atoms with van der Waals surface area (Å²) in [5, 5.41) is 10.8. The van der Waals surface area contributed by atoms with Gasteiger partial charge in [0, 0.05) is 18.0 Å². The summed E-state index contributed by atoms with van der Waals surface area (Å²) in [5.74, 6) is 0.902. The van der Waals surface area contributed by atoms with Crippen LogP contribution in [0, 0.1) is 11.8 Å². The van der Waals surface area contributed by atoms with Gasteiger partial charge in [-0.2, -0.15) is 0 Å². The second-order valence-corrected chi connectivity index (χ2v) is 5.61. The molecule has 0 aliphatic heterocycles. The SMILES string of the molecule is CC(C)CCCC(O)(c1cccnc1)C(C)C. The third-order valence-electron chi connectivity index (χ3n) is 3.46. The van der Waals surface area contributed by atoms with Crippen molar-refractivity contribution < 1.29 is 5.11 Å². The average Bonchev–Trinajstić information content (AvgIpc) is 2.29. The molecular weight excluding hydrogens is 210 g/mol. The maximum Gasteiger partial charge on any atom is 0.0934 e. The zero-order valence-electron chi connectivity index (χ0n) is 11.5. The Hall–Kier alpha value is -0.890. The van der Waals surface area contributed by atoms with Gasteiger partial charge in [-0.15, -0.1) is 0 Å². The van der Waals surface area contributed by atoms with E-state index in [1.165, 1.54) is 0 Å². The molecule has 1 heterocycles. The maximum atomic E-state index is 10.8. The van der Waals surface area contributed by atoms with Crippen molar-refractivity contribution in [3.8, 4) is 0 Å². The van der Waals surface area contributed by atoms with Crippen LogP contribution in [0.3, 0.4) is 0 Å². The van der Waals surface area contributed by atoms with Crippen LogP contribution >= 0.6 is 0 Å². The molecule has 0 aliphatic rings. The molecule has 0 radical (unpaired) electrons. The van der Waals surface area contributed by atoms with E-state index in [0.29, 0.717) is 5.92 Å². The first-order valence-corrected chi connectivity index (χ1v) is 6.59. The number of rotatable bonds is 6. The third-order valence-corrected chi connectivity index (χ3v) is 3.46. The number of aromatic nitrogens is 1. The molecule has 0 spiro atoms. The molecule has 1 N–H and O–H groups in total. The molecule has 1 atom stereocenters. The van der Waals surface area contributed by atoms with Crippen molar-refractivity contribution in [2.75, 3.05) is 0 Å². The second-order valence-electron chi connectivity index (χ2n) is 5.61. The minimum Gasteiger partial charge on any atom is -0.385 e. The Labute approximate surface area is 105 Å². The van der Waals surface area contributed by atoms with Crippen LogP contribution in [-0.2, 0) is 5.60 Å². The Balaban J connectivity index is 2.76. The lowest BCUT2D eigenvalue weighted by molar-refractivity contribution is -0.0215. The Morgan fingerprint density at radius 3 is 2.47 bits per heavy atom. The number of hydrogen-bond donors (Lipinski definition) is 1. The van der Waals surface area contributed by atoms with Crippen LogP contribution in [-0.4, -0.2) is 10.1 Å². The first-order valence-electron chi connectivity index (χ1n) is 6.59. The van der Waals surface area contributed by atoms with Crippen molar-refractivity contribution in [1.29, 1.82) is 0 Å². The number of hydrogen-bond acceptors (Lipinski definition) is 2. The summed E-state index contributed by atoms with van der Waals surface area (Å²) in [6.45, 7) is 8.59. The molecule has 1 rings (SSSR count). The first-order chi connectivity index (χ1) is 7.97. The summed E-state index contributed by atoms with van der Waals surface area (Å²) in [4.78, 5) is 4.12. The van der Waals surface area contributed by atoms with Crippen molar-refractivity contribution in [2.45, 2.75) is 52.6 Å². The predicted molar refractivity (Wildman–Crippen MR) is 71.7 cm³/mol. The zero-order chi connectivity index (χ0) is 12.9. The molecule has 1 aromatic rings. The Bertz CT molecular complexity index is 321. The molecule has 96 valence electrons. The molecule has 1 aromatic heterocycles. The summed E-state index contributed by atoms with van der Waals surface area (Å²) in [5.41, 5.74) is 0.210. The predicted octanol–water partition coefficient (Wildman–Crippen LogP) is 3.75. The molecule has 2 heteroatoms. The monoisotopic (exact) mass is 235 g/mol. The van der Waals surface area contributed by atoms with Gasteiger partial charge in [-0.3, -0.25) is 4.98 Å². The summed E-state index contributed by atoms with van der Waals surface area (Å²) in [6, 6.07) is 3.87. The van der Waals surface area contributed by atoms with E-state index in [-0.39, 0.29) is 5.92 Å². The summed E-state index contributed by atoms with van der Waals surface area (Å²) < 4.78 is 0. The highest BCUT2D eigenvalue weighted by Crippen LogP contribution is 2.34. The average molecular weight is 235 g/mol. The number of aliphatic hydroxyl groups is 1. The molecule has 0 bridgehead atoms. The molecule has 2 nitrogen and oxygen atoms in total. The second kappa shape index (κ2) is 6.15. The highest BCUT2D eigenvalue weighted by atomic mass is 16.3. The van der Waals surface area contributed by atoms with Gasteiger partial charge in [-0.05, 0) is 30.7 Å². The van der Waals surface area contributed by atoms with Crippen LogP contribution in [0.1, 0.15) is 52.5 Å². The largest absolute Gasteiger partial charge is 0.385 e. The van der Waals surface area contributed by atoms with Gasteiger partial charge in [0.05, 0.1) is 5.60 Å². The zero-order valence-corrected chi connectivity index (χ0v) is 11.5. The van der Waals surface area contributed by atoms with Crippen LogP contribution in [0.25, 0.3) is 0 Å². The van der Waals surface area contributed by atoms with Gasteiger partial charge in [0.2, 0.25) is 0 Å². The highest BCUT2D eigenvalue weighted by Gasteiger charge is 2.32. The van der Waals surface area contributed by atoms with E-state index >= 15 is 0 Å². The van der Waals surface area contributed by atoms with Gasteiger partial charge in [0.25, 0.3) is 0 Å². The lowest BCUT2D eigenvalue weighted by atomic mass is 9.80. The lowest BCUT2D eigenvalue weighted by Crippen LogP contribution is -2.32. The summed E-state index contributed by atoms with van der Waals surface area (Å²) in [7, 11) is 0. The third kappa shape index (κ3) is 3.81. The van der Waals surface area contributed by atoms with Crippen LogP contribution in [0.5, 0.6) is 0 Å². The molecular formula is C15H25NO. The number of nitrogens with zero attached hydrogens (tertiary/aromatic N) is 1. The number of pyridine rings is 1. The fourth-order valence-corrected chi connectivity index (χ4v) is 2.17. The van der Waals surface area contributed by atoms with E-state index in [0.717, 1.165) is 24.8 Å². The first kappa shape index (κ1) is 14.2. The quantitative estimate of drug-likeness (QED) is 0.814. The van der Waals surface area contributed by atoms with E-state index < -0.39 is 5.60 Å². The maximum absolute atomic E-state index is 10.8. The van der Waals surface area contributed by atoms with Crippen LogP contribution < -0.4 is 0 Å². The van der Waals surface area contributed by atoms with Crippen molar-refractivity contribution in [2.24, 2.45) is 11.8 Å². The Morgan fingerprint density at radius 2 is 2.00 bits per heavy atom. The van der Waals surface area contributed by atoms with Crippen LogP contribution in [0.2, 0.25) is 0 Å². The van der Waals surface area contributed by atoms with Crippen LogP contribution in [0.4, 0.5) is 0 Å².